The van der Waals surface area contributed by atoms with E-state index in [0.29, 0.717) is 18.5 Å². The zero-order chi connectivity index (χ0) is 12.8. The van der Waals surface area contributed by atoms with E-state index in [1.54, 1.807) is 12.4 Å². The monoisotopic (exact) mass is 250 g/mol. The fraction of sp³-hybridized carbons (Fsp3) is 0.692. The molecule has 0 spiro atoms. The van der Waals surface area contributed by atoms with Gasteiger partial charge in [0.15, 0.2) is 0 Å². The molecule has 0 aliphatic heterocycles. The van der Waals surface area contributed by atoms with E-state index in [0.717, 1.165) is 25.2 Å². The first-order valence-corrected chi connectivity index (χ1v) is 6.56. The van der Waals surface area contributed by atoms with Crippen molar-refractivity contribution in [3.8, 4) is 5.88 Å². The number of nitrogens with zero attached hydrogens (tertiary/aromatic N) is 3. The summed E-state index contributed by atoms with van der Waals surface area (Å²) in [7, 11) is 4.11. The largest absolute Gasteiger partial charge is 0.477 e. The number of nitrogens with one attached hydrogen (secondary N) is 1. The highest BCUT2D eigenvalue weighted by atomic mass is 16.5. The Morgan fingerprint density at radius 1 is 1.33 bits per heavy atom. The SMILES string of the molecule is CN(C)CCCOc1cnc(CNC2CC2)cn1. The summed E-state index contributed by atoms with van der Waals surface area (Å²) in [6.07, 6.45) is 7.08. The molecular weight excluding hydrogens is 228 g/mol. The molecule has 1 aliphatic carbocycles. The maximum atomic E-state index is 5.53. The van der Waals surface area contributed by atoms with Crippen molar-refractivity contribution in [2.45, 2.75) is 31.8 Å². The highest BCUT2D eigenvalue weighted by molar-refractivity contribution is 5.07. The molecule has 0 bridgehead atoms. The van der Waals surface area contributed by atoms with E-state index in [4.69, 9.17) is 4.74 Å². The van der Waals surface area contributed by atoms with Crippen LogP contribution < -0.4 is 10.1 Å². The van der Waals surface area contributed by atoms with Crippen molar-refractivity contribution in [1.82, 2.24) is 20.2 Å². The number of rotatable bonds is 8. The van der Waals surface area contributed by atoms with Crippen LogP contribution >= 0.6 is 0 Å². The fourth-order valence-corrected chi connectivity index (χ4v) is 1.60. The Labute approximate surface area is 109 Å². The maximum Gasteiger partial charge on any atom is 0.232 e. The van der Waals surface area contributed by atoms with Gasteiger partial charge < -0.3 is 15.0 Å². The molecule has 0 aromatic carbocycles. The van der Waals surface area contributed by atoms with Gasteiger partial charge >= 0.3 is 0 Å². The van der Waals surface area contributed by atoms with Crippen molar-refractivity contribution >= 4 is 0 Å². The molecular formula is C13H22N4O. The Kier molecular flexibility index (Phi) is 4.90. The van der Waals surface area contributed by atoms with Crippen molar-refractivity contribution in [3.63, 3.8) is 0 Å². The number of ether oxygens (including phenoxy) is 1. The second kappa shape index (κ2) is 6.66. The van der Waals surface area contributed by atoms with Crippen LogP contribution in [0.3, 0.4) is 0 Å². The lowest BCUT2D eigenvalue weighted by Crippen LogP contribution is -2.17. The smallest absolute Gasteiger partial charge is 0.232 e. The fourth-order valence-electron chi connectivity index (χ4n) is 1.60. The summed E-state index contributed by atoms with van der Waals surface area (Å²) in [6.45, 7) is 2.52. The Morgan fingerprint density at radius 3 is 2.78 bits per heavy atom. The molecule has 1 aromatic rings. The van der Waals surface area contributed by atoms with Crippen LogP contribution in [0, 0.1) is 0 Å². The first kappa shape index (κ1) is 13.2. The summed E-state index contributed by atoms with van der Waals surface area (Å²) in [5.74, 6) is 0.615. The topological polar surface area (TPSA) is 50.3 Å². The minimum Gasteiger partial charge on any atom is -0.477 e. The van der Waals surface area contributed by atoms with E-state index in [1.165, 1.54) is 12.8 Å². The summed E-state index contributed by atoms with van der Waals surface area (Å²) in [6, 6.07) is 0.703. The summed E-state index contributed by atoms with van der Waals surface area (Å²) in [5.41, 5.74) is 0.975. The summed E-state index contributed by atoms with van der Waals surface area (Å²) in [5, 5.41) is 3.41. The average molecular weight is 250 g/mol. The van der Waals surface area contributed by atoms with Crippen molar-refractivity contribution < 1.29 is 4.74 Å². The lowest BCUT2D eigenvalue weighted by atomic mass is 10.4. The van der Waals surface area contributed by atoms with Gasteiger partial charge in [0.1, 0.15) is 0 Å². The standard InChI is InChI=1S/C13H22N4O/c1-17(2)6-3-7-18-13-10-15-12(9-16-13)8-14-11-4-5-11/h9-11,14H,3-8H2,1-2H3. The summed E-state index contributed by atoms with van der Waals surface area (Å²) < 4.78 is 5.53. The van der Waals surface area contributed by atoms with Gasteiger partial charge in [0.2, 0.25) is 5.88 Å². The molecule has 100 valence electrons. The maximum absolute atomic E-state index is 5.53. The Bertz CT molecular complexity index is 349. The van der Waals surface area contributed by atoms with E-state index in [-0.39, 0.29) is 0 Å². The second-order valence-electron chi connectivity index (χ2n) is 5.01. The predicted molar refractivity (Wildman–Crippen MR) is 70.6 cm³/mol. The van der Waals surface area contributed by atoms with E-state index < -0.39 is 0 Å². The van der Waals surface area contributed by atoms with Crippen molar-refractivity contribution in [3.05, 3.63) is 18.1 Å². The third-order valence-corrected chi connectivity index (χ3v) is 2.83. The van der Waals surface area contributed by atoms with Crippen LogP contribution in [0.15, 0.2) is 12.4 Å². The molecule has 1 N–H and O–H groups in total. The molecule has 0 amide bonds. The van der Waals surface area contributed by atoms with Crippen LogP contribution in [0.5, 0.6) is 5.88 Å². The van der Waals surface area contributed by atoms with Gasteiger partial charge in [0.25, 0.3) is 0 Å². The summed E-state index contributed by atoms with van der Waals surface area (Å²) >= 11 is 0. The van der Waals surface area contributed by atoms with Crippen LogP contribution in [0.25, 0.3) is 0 Å². The molecule has 0 radical (unpaired) electrons. The molecule has 2 rings (SSSR count). The van der Waals surface area contributed by atoms with Gasteiger partial charge in [-0.15, -0.1) is 0 Å². The Balaban J connectivity index is 1.66. The molecule has 1 aliphatic rings. The van der Waals surface area contributed by atoms with Gasteiger partial charge in [-0.05, 0) is 33.4 Å². The van der Waals surface area contributed by atoms with E-state index in [2.05, 4.69) is 34.3 Å². The lowest BCUT2D eigenvalue weighted by molar-refractivity contribution is 0.272. The molecule has 0 saturated heterocycles. The molecule has 5 nitrogen and oxygen atoms in total. The van der Waals surface area contributed by atoms with E-state index >= 15 is 0 Å². The average Bonchev–Trinajstić information content (AvgIpc) is 3.17. The second-order valence-corrected chi connectivity index (χ2v) is 5.01. The molecule has 0 unspecified atom stereocenters. The number of hydrogen-bond donors (Lipinski definition) is 1. The minimum atomic E-state index is 0.615. The third kappa shape index (κ3) is 4.98. The van der Waals surface area contributed by atoms with Crippen molar-refractivity contribution in [2.75, 3.05) is 27.2 Å². The molecule has 1 saturated carbocycles. The van der Waals surface area contributed by atoms with Gasteiger partial charge in [-0.2, -0.15) is 0 Å². The minimum absolute atomic E-state index is 0.615. The van der Waals surface area contributed by atoms with Crippen LogP contribution in [-0.2, 0) is 6.54 Å². The zero-order valence-electron chi connectivity index (χ0n) is 11.2. The first-order chi connectivity index (χ1) is 8.74. The van der Waals surface area contributed by atoms with Crippen LogP contribution in [-0.4, -0.2) is 48.2 Å². The lowest BCUT2D eigenvalue weighted by Gasteiger charge is -2.09. The van der Waals surface area contributed by atoms with Crippen molar-refractivity contribution in [2.24, 2.45) is 0 Å². The number of hydrogen-bond acceptors (Lipinski definition) is 5. The molecule has 1 fully saturated rings. The Hall–Kier alpha value is -1.20. The third-order valence-electron chi connectivity index (χ3n) is 2.83. The highest BCUT2D eigenvalue weighted by Gasteiger charge is 2.20. The van der Waals surface area contributed by atoms with Gasteiger partial charge in [-0.25, -0.2) is 4.98 Å². The normalized spacial score (nSPS) is 15.1. The van der Waals surface area contributed by atoms with Crippen LogP contribution in [0.2, 0.25) is 0 Å². The van der Waals surface area contributed by atoms with Crippen LogP contribution in [0.1, 0.15) is 25.0 Å². The molecule has 1 aromatic heterocycles. The summed E-state index contributed by atoms with van der Waals surface area (Å²) in [4.78, 5) is 10.7. The van der Waals surface area contributed by atoms with Gasteiger partial charge in [0.05, 0.1) is 24.7 Å². The predicted octanol–water partition coefficient (Wildman–Crippen LogP) is 1.06. The van der Waals surface area contributed by atoms with Gasteiger partial charge in [0, 0.05) is 19.1 Å². The molecule has 5 heteroatoms. The first-order valence-electron chi connectivity index (χ1n) is 6.56. The highest BCUT2D eigenvalue weighted by Crippen LogP contribution is 2.19. The molecule has 1 heterocycles. The zero-order valence-corrected chi connectivity index (χ0v) is 11.2. The van der Waals surface area contributed by atoms with Gasteiger partial charge in [-0.1, -0.05) is 0 Å². The van der Waals surface area contributed by atoms with Crippen molar-refractivity contribution in [1.29, 1.82) is 0 Å². The molecule has 18 heavy (non-hydrogen) atoms. The van der Waals surface area contributed by atoms with Crippen LogP contribution in [0.4, 0.5) is 0 Å². The van der Waals surface area contributed by atoms with E-state index in [1.807, 2.05) is 0 Å². The quantitative estimate of drug-likeness (QED) is 0.699. The van der Waals surface area contributed by atoms with E-state index in [9.17, 15) is 0 Å². The molecule has 0 atom stereocenters. The number of aromatic nitrogens is 2. The Morgan fingerprint density at radius 2 is 2.17 bits per heavy atom. The van der Waals surface area contributed by atoms with Gasteiger partial charge in [-0.3, -0.25) is 4.98 Å².